The first-order valence-corrected chi connectivity index (χ1v) is 11.2. The molecule has 0 fully saturated rings. The fraction of sp³-hybridized carbons (Fsp3) is 0.259. The number of hydrogen-bond acceptors (Lipinski definition) is 5. The normalized spacial score (nSPS) is 12.4. The highest BCUT2D eigenvalue weighted by atomic mass is 16.7. The van der Waals surface area contributed by atoms with Gasteiger partial charge in [0.1, 0.15) is 11.9 Å². The van der Waals surface area contributed by atoms with Crippen LogP contribution in [0.15, 0.2) is 79.3 Å². The topological polar surface area (TPSA) is 73.1 Å². The smallest absolute Gasteiger partial charge is 0.234 e. The first-order valence-electron chi connectivity index (χ1n) is 11.2. The summed E-state index contributed by atoms with van der Waals surface area (Å²) in [5.74, 6) is 0.714. The van der Waals surface area contributed by atoms with Crippen LogP contribution in [0.3, 0.4) is 0 Å². The summed E-state index contributed by atoms with van der Waals surface area (Å²) in [5, 5.41) is 1.35. The zero-order valence-corrected chi connectivity index (χ0v) is 19.9. The van der Waals surface area contributed by atoms with E-state index < -0.39 is 11.6 Å². The zero-order valence-electron chi connectivity index (χ0n) is 19.9. The molecule has 0 aliphatic carbocycles. The molecule has 0 aliphatic rings. The summed E-state index contributed by atoms with van der Waals surface area (Å²) in [6.07, 6.45) is 6.55. The van der Waals surface area contributed by atoms with Crippen molar-refractivity contribution in [1.29, 1.82) is 0 Å². The summed E-state index contributed by atoms with van der Waals surface area (Å²) in [6, 6.07) is 19.4. The minimum Gasteiger partial charge on any atom is -0.329 e. The summed E-state index contributed by atoms with van der Waals surface area (Å²) in [5.41, 5.74) is 4.24. The van der Waals surface area contributed by atoms with E-state index in [1.54, 1.807) is 12.4 Å². The Morgan fingerprint density at radius 3 is 2.21 bits per heavy atom. The molecule has 1 aromatic carbocycles. The van der Waals surface area contributed by atoms with Crippen molar-refractivity contribution in [2.24, 2.45) is 7.05 Å². The minimum absolute atomic E-state index is 0.446. The third-order valence-corrected chi connectivity index (χ3v) is 5.38. The van der Waals surface area contributed by atoms with E-state index in [2.05, 4.69) is 34.2 Å². The van der Waals surface area contributed by atoms with Gasteiger partial charge in [0.2, 0.25) is 6.41 Å². The fourth-order valence-corrected chi connectivity index (χ4v) is 3.83. The Morgan fingerprint density at radius 2 is 1.62 bits per heavy atom. The van der Waals surface area contributed by atoms with Gasteiger partial charge >= 0.3 is 0 Å². The van der Waals surface area contributed by atoms with Crippen LogP contribution in [0.5, 0.6) is 0 Å². The molecule has 0 bridgehead atoms. The van der Waals surface area contributed by atoms with E-state index in [1.807, 2.05) is 75.0 Å². The van der Waals surface area contributed by atoms with Gasteiger partial charge in [-0.05, 0) is 50.6 Å². The van der Waals surface area contributed by atoms with Gasteiger partial charge in [0.25, 0.3) is 0 Å². The molecule has 0 saturated heterocycles. The average Bonchev–Trinajstić information content (AvgIpc) is 3.23. The molecule has 3 aromatic heterocycles. The van der Waals surface area contributed by atoms with Crippen LogP contribution in [-0.2, 0) is 23.1 Å². The zero-order chi connectivity index (χ0) is 24.1. The van der Waals surface area contributed by atoms with Gasteiger partial charge in [0, 0.05) is 37.1 Å². The number of imidazole rings is 1. The summed E-state index contributed by atoms with van der Waals surface area (Å²) in [6.45, 7) is 5.73. The van der Waals surface area contributed by atoms with E-state index >= 15 is 0 Å². The van der Waals surface area contributed by atoms with Gasteiger partial charge < -0.3 is 4.57 Å². The van der Waals surface area contributed by atoms with Crippen LogP contribution >= 0.6 is 0 Å². The average molecular weight is 456 g/mol. The third kappa shape index (κ3) is 5.38. The van der Waals surface area contributed by atoms with Crippen molar-refractivity contribution in [2.45, 2.75) is 38.8 Å². The number of nitrogens with zero attached hydrogens (tertiary/aromatic N) is 5. The predicted molar refractivity (Wildman–Crippen MR) is 131 cm³/mol. The van der Waals surface area contributed by atoms with Crippen LogP contribution in [0.1, 0.15) is 38.3 Å². The highest BCUT2D eigenvalue weighted by molar-refractivity contribution is 5.66. The Balaban J connectivity index is 1.68. The van der Waals surface area contributed by atoms with Crippen LogP contribution in [0.2, 0.25) is 0 Å². The molecule has 0 radical (unpaired) electrons. The lowest BCUT2D eigenvalue weighted by atomic mass is 10.1. The second-order valence-electron chi connectivity index (χ2n) is 9.06. The Bertz CT molecular complexity index is 1220. The number of amides is 1. The summed E-state index contributed by atoms with van der Waals surface area (Å²) in [4.78, 5) is 31.7. The lowest BCUT2D eigenvalue weighted by Gasteiger charge is -2.32. The molecule has 34 heavy (non-hydrogen) atoms. The minimum atomic E-state index is -0.543. The summed E-state index contributed by atoms with van der Waals surface area (Å²) < 4.78 is 2.01. The SMILES string of the molecule is Cn1c(-c2ccc(-c3ccccn3)cc2)cnc1C(Cc1ccccn1)N(C=O)OC(C)(C)C. The number of rotatable bonds is 8. The molecule has 1 atom stereocenters. The number of carbonyl (C=O) groups excluding carboxylic acids is 1. The van der Waals surface area contributed by atoms with Crippen LogP contribution in [0, 0.1) is 0 Å². The van der Waals surface area contributed by atoms with Crippen molar-refractivity contribution in [1.82, 2.24) is 24.6 Å². The lowest BCUT2D eigenvalue weighted by molar-refractivity contribution is -0.235. The van der Waals surface area contributed by atoms with Crippen molar-refractivity contribution in [2.75, 3.05) is 0 Å². The van der Waals surface area contributed by atoms with Gasteiger partial charge in [-0.1, -0.05) is 36.4 Å². The maximum atomic E-state index is 12.1. The number of hydroxylamine groups is 2. The molecule has 7 heteroatoms. The van der Waals surface area contributed by atoms with Crippen LogP contribution in [-0.4, -0.2) is 36.6 Å². The van der Waals surface area contributed by atoms with Crippen molar-refractivity contribution in [3.05, 3.63) is 90.8 Å². The van der Waals surface area contributed by atoms with Gasteiger partial charge in [0.15, 0.2) is 0 Å². The molecule has 174 valence electrons. The predicted octanol–water partition coefficient (Wildman–Crippen LogP) is 5.02. The van der Waals surface area contributed by atoms with Gasteiger partial charge in [-0.2, -0.15) is 0 Å². The maximum Gasteiger partial charge on any atom is 0.234 e. The Labute approximate surface area is 200 Å². The number of aromatic nitrogens is 4. The van der Waals surface area contributed by atoms with Gasteiger partial charge in [-0.3, -0.25) is 19.6 Å². The molecular weight excluding hydrogens is 426 g/mol. The molecule has 7 nitrogen and oxygen atoms in total. The molecule has 4 aromatic rings. The van der Waals surface area contributed by atoms with Crippen molar-refractivity contribution in [3.8, 4) is 22.5 Å². The molecule has 0 saturated carbocycles. The molecule has 1 amide bonds. The molecule has 0 N–H and O–H groups in total. The second-order valence-corrected chi connectivity index (χ2v) is 9.06. The molecule has 0 spiro atoms. The maximum absolute atomic E-state index is 12.1. The van der Waals surface area contributed by atoms with E-state index in [-0.39, 0.29) is 0 Å². The Kier molecular flexibility index (Phi) is 6.84. The number of pyridine rings is 2. The monoisotopic (exact) mass is 455 g/mol. The molecule has 1 unspecified atom stereocenters. The highest BCUT2D eigenvalue weighted by Gasteiger charge is 2.29. The number of carbonyl (C=O) groups is 1. The fourth-order valence-electron chi connectivity index (χ4n) is 3.83. The van der Waals surface area contributed by atoms with Crippen LogP contribution in [0.4, 0.5) is 0 Å². The quantitative estimate of drug-likeness (QED) is 0.276. The van der Waals surface area contributed by atoms with Crippen molar-refractivity contribution < 1.29 is 9.63 Å². The molecular formula is C27H29N5O2. The third-order valence-electron chi connectivity index (χ3n) is 5.38. The lowest BCUT2D eigenvalue weighted by Crippen LogP contribution is -2.38. The van der Waals surface area contributed by atoms with E-state index in [0.717, 1.165) is 34.6 Å². The van der Waals surface area contributed by atoms with Crippen molar-refractivity contribution in [3.63, 3.8) is 0 Å². The van der Waals surface area contributed by atoms with Gasteiger partial charge in [-0.15, -0.1) is 0 Å². The van der Waals surface area contributed by atoms with Gasteiger partial charge in [0.05, 0.1) is 23.2 Å². The van der Waals surface area contributed by atoms with Crippen LogP contribution < -0.4 is 0 Å². The number of hydrogen-bond donors (Lipinski definition) is 0. The first-order chi connectivity index (χ1) is 16.4. The van der Waals surface area contributed by atoms with E-state index in [4.69, 9.17) is 9.82 Å². The van der Waals surface area contributed by atoms with Crippen molar-refractivity contribution >= 4 is 6.41 Å². The Morgan fingerprint density at radius 1 is 0.941 bits per heavy atom. The standard InChI is InChI=1S/C27H29N5O2/c1-27(2,3)34-32(19-33)24(17-22-9-5-7-15-28-22)26-30-18-25(31(26)4)21-13-11-20(12-14-21)23-10-6-8-16-29-23/h5-16,18-19,24H,17H2,1-4H3. The van der Waals surface area contributed by atoms with E-state index in [0.29, 0.717) is 12.2 Å². The summed E-state index contributed by atoms with van der Waals surface area (Å²) >= 11 is 0. The van der Waals surface area contributed by atoms with Gasteiger partial charge in [-0.25, -0.2) is 10.0 Å². The van der Waals surface area contributed by atoms with Crippen LogP contribution in [0.25, 0.3) is 22.5 Å². The Hall–Kier alpha value is -3.84. The van der Waals surface area contributed by atoms with E-state index in [9.17, 15) is 4.79 Å². The van der Waals surface area contributed by atoms with E-state index in [1.165, 1.54) is 5.06 Å². The highest BCUT2D eigenvalue weighted by Crippen LogP contribution is 2.30. The molecule has 3 heterocycles. The number of benzene rings is 1. The molecule has 4 rings (SSSR count). The first kappa shape index (κ1) is 23.3. The largest absolute Gasteiger partial charge is 0.329 e. The molecule has 0 aliphatic heterocycles. The second kappa shape index (κ2) is 9.97. The summed E-state index contributed by atoms with van der Waals surface area (Å²) in [7, 11) is 1.95.